The summed E-state index contributed by atoms with van der Waals surface area (Å²) >= 11 is 7.65. The van der Waals surface area contributed by atoms with Gasteiger partial charge in [0, 0.05) is 18.1 Å². The van der Waals surface area contributed by atoms with Crippen molar-refractivity contribution in [1.82, 2.24) is 10.3 Å². The van der Waals surface area contributed by atoms with Crippen LogP contribution in [0.25, 0.3) is 10.2 Å². The summed E-state index contributed by atoms with van der Waals surface area (Å²) in [7, 11) is 0. The van der Waals surface area contributed by atoms with E-state index in [1.807, 2.05) is 18.2 Å². The first kappa shape index (κ1) is 13.5. The monoisotopic (exact) mass is 306 g/mol. The molecule has 0 atom stereocenters. The third kappa shape index (κ3) is 2.98. The number of nitrogens with one attached hydrogen (secondary N) is 1. The molecule has 20 heavy (non-hydrogen) atoms. The Bertz CT molecular complexity index is 709. The largest absolute Gasteiger partial charge is 0.306 e. The Balaban J connectivity index is 1.64. The van der Waals surface area contributed by atoms with Crippen LogP contribution < -0.4 is 5.32 Å². The topological polar surface area (TPSA) is 24.9 Å². The van der Waals surface area contributed by atoms with Gasteiger partial charge in [-0.3, -0.25) is 0 Å². The molecule has 3 rings (SSSR count). The van der Waals surface area contributed by atoms with Crippen molar-refractivity contribution < 1.29 is 4.39 Å². The molecule has 0 radical (unpaired) electrons. The summed E-state index contributed by atoms with van der Waals surface area (Å²) in [5, 5.41) is 4.76. The number of thiazole rings is 1. The number of halogens is 2. The van der Waals surface area contributed by atoms with E-state index in [2.05, 4.69) is 16.4 Å². The van der Waals surface area contributed by atoms with E-state index in [1.54, 1.807) is 17.4 Å². The van der Waals surface area contributed by atoms with Crippen LogP contribution in [0.15, 0.2) is 42.5 Å². The Hall–Kier alpha value is -1.49. The average Bonchev–Trinajstić information content (AvgIpc) is 2.84. The molecule has 0 amide bonds. The standard InChI is InChI=1S/C15H12ClFN2S/c16-12-7-11(17)6-5-10(12)8-18-9-15-19-13-3-1-2-4-14(13)20-15/h1-7,18H,8-9H2. The van der Waals surface area contributed by atoms with Gasteiger partial charge in [-0.25, -0.2) is 9.37 Å². The molecule has 0 unspecified atom stereocenters. The predicted octanol–water partition coefficient (Wildman–Crippen LogP) is 4.38. The van der Waals surface area contributed by atoms with Crippen molar-refractivity contribution >= 4 is 33.2 Å². The molecule has 2 nitrogen and oxygen atoms in total. The number of nitrogens with zero attached hydrogens (tertiary/aromatic N) is 1. The van der Waals surface area contributed by atoms with Gasteiger partial charge in [0.1, 0.15) is 10.8 Å². The first-order valence-corrected chi connectivity index (χ1v) is 7.41. The summed E-state index contributed by atoms with van der Waals surface area (Å²) < 4.78 is 14.1. The molecule has 0 fully saturated rings. The molecular formula is C15H12ClFN2S. The van der Waals surface area contributed by atoms with Crippen LogP contribution in [0.4, 0.5) is 4.39 Å². The van der Waals surface area contributed by atoms with Crippen molar-refractivity contribution in [3.63, 3.8) is 0 Å². The van der Waals surface area contributed by atoms with Crippen LogP contribution in [-0.4, -0.2) is 4.98 Å². The summed E-state index contributed by atoms with van der Waals surface area (Å²) in [4.78, 5) is 4.54. The average molecular weight is 307 g/mol. The first-order valence-electron chi connectivity index (χ1n) is 6.21. The molecule has 0 aliphatic carbocycles. The summed E-state index contributed by atoms with van der Waals surface area (Å²) in [6.45, 7) is 1.27. The molecule has 0 spiro atoms. The zero-order valence-corrected chi connectivity index (χ0v) is 12.1. The molecule has 1 N–H and O–H groups in total. The molecule has 1 aromatic heterocycles. The second-order valence-corrected chi connectivity index (χ2v) is 5.94. The van der Waals surface area contributed by atoms with Crippen molar-refractivity contribution in [2.45, 2.75) is 13.1 Å². The Labute approximate surface area is 125 Å². The summed E-state index contributed by atoms with van der Waals surface area (Å²) in [6, 6.07) is 12.5. The number of hydrogen-bond donors (Lipinski definition) is 1. The lowest BCUT2D eigenvalue weighted by atomic mass is 10.2. The van der Waals surface area contributed by atoms with E-state index in [0.717, 1.165) is 16.1 Å². The minimum atomic E-state index is -0.315. The van der Waals surface area contributed by atoms with Gasteiger partial charge >= 0.3 is 0 Å². The zero-order chi connectivity index (χ0) is 13.9. The van der Waals surface area contributed by atoms with Crippen molar-refractivity contribution in [2.75, 3.05) is 0 Å². The van der Waals surface area contributed by atoms with Gasteiger partial charge in [0.25, 0.3) is 0 Å². The minimum absolute atomic E-state index is 0.315. The van der Waals surface area contributed by atoms with Crippen LogP contribution in [0.5, 0.6) is 0 Å². The number of aromatic nitrogens is 1. The molecule has 1 heterocycles. The quantitative estimate of drug-likeness (QED) is 0.774. The van der Waals surface area contributed by atoms with Crippen molar-refractivity contribution in [1.29, 1.82) is 0 Å². The van der Waals surface area contributed by atoms with Gasteiger partial charge in [0.15, 0.2) is 0 Å². The number of benzene rings is 2. The van der Waals surface area contributed by atoms with Crippen LogP contribution in [0.2, 0.25) is 5.02 Å². The Morgan fingerprint density at radius 3 is 2.80 bits per heavy atom. The highest BCUT2D eigenvalue weighted by Gasteiger charge is 2.04. The van der Waals surface area contributed by atoms with Gasteiger partial charge in [-0.1, -0.05) is 29.8 Å². The first-order chi connectivity index (χ1) is 9.72. The Kier molecular flexibility index (Phi) is 3.96. The molecular weight excluding hydrogens is 295 g/mol. The van der Waals surface area contributed by atoms with Gasteiger partial charge < -0.3 is 5.32 Å². The number of para-hydroxylation sites is 1. The Morgan fingerprint density at radius 1 is 1.15 bits per heavy atom. The maximum atomic E-state index is 12.9. The molecule has 5 heteroatoms. The molecule has 0 aliphatic heterocycles. The maximum absolute atomic E-state index is 12.9. The highest BCUT2D eigenvalue weighted by atomic mass is 35.5. The normalized spacial score (nSPS) is 11.1. The fraction of sp³-hybridized carbons (Fsp3) is 0.133. The van der Waals surface area contributed by atoms with Gasteiger partial charge in [-0.05, 0) is 29.8 Å². The van der Waals surface area contributed by atoms with Crippen LogP contribution in [0.3, 0.4) is 0 Å². The maximum Gasteiger partial charge on any atom is 0.124 e. The zero-order valence-electron chi connectivity index (χ0n) is 10.6. The third-order valence-corrected chi connectivity index (χ3v) is 4.33. The van der Waals surface area contributed by atoms with Crippen molar-refractivity contribution in [3.05, 3.63) is 63.9 Å². The lowest BCUT2D eigenvalue weighted by Crippen LogP contribution is -2.12. The summed E-state index contributed by atoms with van der Waals surface area (Å²) in [5.74, 6) is -0.315. The van der Waals surface area contributed by atoms with E-state index in [0.29, 0.717) is 18.1 Å². The van der Waals surface area contributed by atoms with Crippen LogP contribution in [-0.2, 0) is 13.1 Å². The lowest BCUT2D eigenvalue weighted by Gasteiger charge is -2.05. The lowest BCUT2D eigenvalue weighted by molar-refractivity contribution is 0.625. The molecule has 2 aromatic carbocycles. The molecule has 0 aliphatic rings. The minimum Gasteiger partial charge on any atom is -0.306 e. The van der Waals surface area contributed by atoms with Gasteiger partial charge in [-0.15, -0.1) is 11.3 Å². The molecule has 0 saturated heterocycles. The van der Waals surface area contributed by atoms with Crippen molar-refractivity contribution in [2.24, 2.45) is 0 Å². The molecule has 102 valence electrons. The second-order valence-electron chi connectivity index (χ2n) is 4.41. The van der Waals surface area contributed by atoms with E-state index in [-0.39, 0.29) is 5.82 Å². The molecule has 0 bridgehead atoms. The highest BCUT2D eigenvalue weighted by Crippen LogP contribution is 2.22. The fourth-order valence-corrected chi connectivity index (χ4v) is 3.14. The van der Waals surface area contributed by atoms with Crippen LogP contribution in [0.1, 0.15) is 10.6 Å². The van der Waals surface area contributed by atoms with Crippen LogP contribution >= 0.6 is 22.9 Å². The van der Waals surface area contributed by atoms with E-state index >= 15 is 0 Å². The smallest absolute Gasteiger partial charge is 0.124 e. The van der Waals surface area contributed by atoms with Gasteiger partial charge in [0.05, 0.1) is 10.2 Å². The second kappa shape index (κ2) is 5.87. The van der Waals surface area contributed by atoms with E-state index in [9.17, 15) is 4.39 Å². The summed E-state index contributed by atoms with van der Waals surface area (Å²) in [5.41, 5.74) is 1.91. The number of fused-ring (bicyclic) bond motifs is 1. The van der Waals surface area contributed by atoms with Crippen molar-refractivity contribution in [3.8, 4) is 0 Å². The summed E-state index contributed by atoms with van der Waals surface area (Å²) in [6.07, 6.45) is 0. The number of hydrogen-bond acceptors (Lipinski definition) is 3. The van der Waals surface area contributed by atoms with Crippen LogP contribution in [0, 0.1) is 5.82 Å². The SMILES string of the molecule is Fc1ccc(CNCc2nc3ccccc3s2)c(Cl)c1. The number of rotatable bonds is 4. The van der Waals surface area contributed by atoms with E-state index < -0.39 is 0 Å². The Morgan fingerprint density at radius 2 is 2.00 bits per heavy atom. The predicted molar refractivity (Wildman–Crippen MR) is 81.6 cm³/mol. The van der Waals surface area contributed by atoms with Gasteiger partial charge in [-0.2, -0.15) is 0 Å². The highest BCUT2D eigenvalue weighted by molar-refractivity contribution is 7.18. The fourth-order valence-electron chi connectivity index (χ4n) is 1.96. The molecule has 3 aromatic rings. The van der Waals surface area contributed by atoms with E-state index in [1.165, 1.54) is 16.8 Å². The van der Waals surface area contributed by atoms with Gasteiger partial charge in [0.2, 0.25) is 0 Å². The third-order valence-electron chi connectivity index (χ3n) is 2.94. The molecule has 0 saturated carbocycles. The van der Waals surface area contributed by atoms with E-state index in [4.69, 9.17) is 11.6 Å².